The van der Waals surface area contributed by atoms with Crippen LogP contribution in [0.25, 0.3) is 10.2 Å². The number of primary amides is 1. The van der Waals surface area contributed by atoms with E-state index >= 15 is 0 Å². The zero-order valence-corrected chi connectivity index (χ0v) is 13.2. The number of aliphatic hydroxyl groups is 1. The van der Waals surface area contributed by atoms with Crippen LogP contribution in [0, 0.1) is 6.92 Å². The molecule has 2 aromatic rings. The molecule has 0 aromatic carbocycles. The topological polar surface area (TPSA) is 92.3 Å². The number of nitrogens with two attached hydrogens (primary N) is 1. The van der Waals surface area contributed by atoms with Crippen molar-refractivity contribution in [1.82, 2.24) is 9.97 Å². The first-order valence-corrected chi connectivity index (χ1v) is 8.39. The minimum absolute atomic E-state index is 0.367. The summed E-state index contributed by atoms with van der Waals surface area (Å²) in [6, 6.07) is -0.496. The van der Waals surface area contributed by atoms with Crippen molar-refractivity contribution in [3.8, 4) is 0 Å². The number of anilines is 1. The summed E-state index contributed by atoms with van der Waals surface area (Å²) in [7, 11) is 0. The van der Waals surface area contributed by atoms with Gasteiger partial charge >= 0.3 is 0 Å². The molecule has 1 saturated heterocycles. The maximum Gasteiger partial charge on any atom is 0.240 e. The number of carbonyl (C=O) groups excluding carboxylic acids is 1. The molecule has 0 spiro atoms. The average Bonchev–Trinajstić information content (AvgIpc) is 3.10. The summed E-state index contributed by atoms with van der Waals surface area (Å²) in [6.45, 7) is 2.25. The summed E-state index contributed by atoms with van der Waals surface area (Å²) in [5.74, 6) is 1.04. The fourth-order valence-electron chi connectivity index (χ4n) is 3.61. The molecule has 2 unspecified atom stereocenters. The van der Waals surface area contributed by atoms with Gasteiger partial charge in [-0.1, -0.05) is 0 Å². The molecule has 6 nitrogen and oxygen atoms in total. The highest BCUT2D eigenvalue weighted by molar-refractivity contribution is 7.19. The minimum atomic E-state index is -0.547. The lowest BCUT2D eigenvalue weighted by Crippen LogP contribution is -2.41. The molecule has 0 saturated carbocycles. The van der Waals surface area contributed by atoms with Crippen LogP contribution in [0.5, 0.6) is 0 Å². The highest BCUT2D eigenvalue weighted by Gasteiger charge is 2.37. The molecule has 3 heterocycles. The molecule has 0 bridgehead atoms. The van der Waals surface area contributed by atoms with Crippen LogP contribution in [0.2, 0.25) is 0 Å². The maximum absolute atomic E-state index is 11.8. The van der Waals surface area contributed by atoms with Crippen molar-refractivity contribution in [1.29, 1.82) is 0 Å². The van der Waals surface area contributed by atoms with Gasteiger partial charge in [0.2, 0.25) is 5.91 Å². The van der Waals surface area contributed by atoms with E-state index in [4.69, 9.17) is 5.73 Å². The lowest BCUT2D eigenvalue weighted by molar-refractivity contribution is -0.119. The average molecular weight is 318 g/mol. The summed E-state index contributed by atoms with van der Waals surface area (Å²) < 4.78 is 0. The molecule has 2 atom stereocenters. The number of aryl methyl sites for hydroxylation is 3. The van der Waals surface area contributed by atoms with Gasteiger partial charge in [0.15, 0.2) is 0 Å². The van der Waals surface area contributed by atoms with Crippen LogP contribution in [-0.4, -0.2) is 39.7 Å². The number of carbonyl (C=O) groups is 1. The number of hydrogen-bond acceptors (Lipinski definition) is 6. The van der Waals surface area contributed by atoms with Crippen LogP contribution in [-0.2, 0) is 17.6 Å². The summed E-state index contributed by atoms with van der Waals surface area (Å²) in [6.07, 6.45) is 3.11. The van der Waals surface area contributed by atoms with Crippen LogP contribution in [0.1, 0.15) is 29.1 Å². The number of β-amino-alcohol motifs (C(OH)–C–C–N with tert-alkyl or cyclic N) is 1. The third-order valence-electron chi connectivity index (χ3n) is 4.54. The Morgan fingerprint density at radius 3 is 3.00 bits per heavy atom. The molecule has 0 radical (unpaired) electrons. The van der Waals surface area contributed by atoms with Crippen LogP contribution in [0.3, 0.4) is 0 Å². The van der Waals surface area contributed by atoms with E-state index in [1.54, 1.807) is 11.3 Å². The zero-order valence-electron chi connectivity index (χ0n) is 12.4. The summed E-state index contributed by atoms with van der Waals surface area (Å²) >= 11 is 1.73. The van der Waals surface area contributed by atoms with E-state index in [-0.39, 0.29) is 0 Å². The number of rotatable bonds is 2. The first-order valence-electron chi connectivity index (χ1n) is 7.57. The van der Waals surface area contributed by atoms with Crippen molar-refractivity contribution >= 4 is 33.3 Å². The second-order valence-electron chi connectivity index (χ2n) is 6.09. The van der Waals surface area contributed by atoms with Gasteiger partial charge < -0.3 is 15.7 Å². The van der Waals surface area contributed by atoms with Gasteiger partial charge in [-0.25, -0.2) is 9.97 Å². The summed E-state index contributed by atoms with van der Waals surface area (Å²) in [5, 5.41) is 11.0. The lowest BCUT2D eigenvalue weighted by Gasteiger charge is -2.24. The first kappa shape index (κ1) is 13.9. The Bertz CT molecular complexity index is 772. The molecule has 7 heteroatoms. The smallest absolute Gasteiger partial charge is 0.240 e. The monoisotopic (exact) mass is 318 g/mol. The minimum Gasteiger partial charge on any atom is -0.391 e. The Morgan fingerprint density at radius 2 is 2.23 bits per heavy atom. The standard InChI is InChI=1S/C15H18N4O2S/c1-7-17-14(19-6-8(20)5-10(19)13(16)21)12-9-3-2-4-11(9)22-15(12)18-7/h8,10,20H,2-6H2,1H3,(H2,16,21). The molecule has 4 rings (SSSR count). The molecule has 1 aliphatic carbocycles. The predicted molar refractivity (Wildman–Crippen MR) is 85.1 cm³/mol. The second-order valence-corrected chi connectivity index (χ2v) is 7.18. The third kappa shape index (κ3) is 1.99. The van der Waals surface area contributed by atoms with E-state index in [1.807, 2.05) is 11.8 Å². The molecule has 3 N–H and O–H groups in total. The van der Waals surface area contributed by atoms with E-state index in [0.29, 0.717) is 18.8 Å². The highest BCUT2D eigenvalue weighted by atomic mass is 32.1. The Kier molecular flexibility index (Phi) is 3.09. The van der Waals surface area contributed by atoms with Crippen LogP contribution >= 0.6 is 11.3 Å². The van der Waals surface area contributed by atoms with Gasteiger partial charge in [-0.05, 0) is 31.7 Å². The molecule has 2 aliphatic rings. The molecule has 1 aliphatic heterocycles. The van der Waals surface area contributed by atoms with Gasteiger partial charge in [-0.3, -0.25) is 4.79 Å². The van der Waals surface area contributed by atoms with E-state index in [2.05, 4.69) is 9.97 Å². The quantitative estimate of drug-likeness (QED) is 0.859. The van der Waals surface area contributed by atoms with Crippen molar-refractivity contribution < 1.29 is 9.90 Å². The maximum atomic E-state index is 11.8. The fraction of sp³-hybridized carbons (Fsp3) is 0.533. The lowest BCUT2D eigenvalue weighted by atomic mass is 10.1. The number of aliphatic hydroxyl groups excluding tert-OH is 1. The molecule has 22 heavy (non-hydrogen) atoms. The Hall–Kier alpha value is -1.73. The molecular formula is C15H18N4O2S. The normalized spacial score (nSPS) is 24.2. The molecule has 1 amide bonds. The van der Waals surface area contributed by atoms with Gasteiger partial charge in [0.05, 0.1) is 11.5 Å². The molecule has 2 aromatic heterocycles. The van der Waals surface area contributed by atoms with Crippen LogP contribution < -0.4 is 10.6 Å². The first-order chi connectivity index (χ1) is 10.5. The Balaban J connectivity index is 1.92. The van der Waals surface area contributed by atoms with E-state index < -0.39 is 18.1 Å². The summed E-state index contributed by atoms with van der Waals surface area (Å²) in [4.78, 5) is 25.2. The number of aromatic nitrogens is 2. The van der Waals surface area contributed by atoms with Crippen molar-refractivity contribution in [2.45, 2.75) is 44.8 Å². The van der Waals surface area contributed by atoms with Gasteiger partial charge in [0.25, 0.3) is 0 Å². The molecule has 116 valence electrons. The number of nitrogens with zero attached hydrogens (tertiary/aromatic N) is 3. The van der Waals surface area contributed by atoms with Crippen molar-refractivity contribution in [2.24, 2.45) is 5.73 Å². The van der Waals surface area contributed by atoms with E-state index in [1.165, 1.54) is 10.4 Å². The molecular weight excluding hydrogens is 300 g/mol. The van der Waals surface area contributed by atoms with Crippen LogP contribution in [0.15, 0.2) is 0 Å². The molecule has 1 fully saturated rings. The predicted octanol–water partition coefficient (Wildman–Crippen LogP) is 0.913. The zero-order chi connectivity index (χ0) is 15.4. The van der Waals surface area contributed by atoms with Gasteiger partial charge in [-0.15, -0.1) is 11.3 Å². The highest BCUT2D eigenvalue weighted by Crippen LogP contribution is 2.41. The largest absolute Gasteiger partial charge is 0.391 e. The van der Waals surface area contributed by atoms with Crippen molar-refractivity contribution in [3.05, 3.63) is 16.3 Å². The number of fused-ring (bicyclic) bond motifs is 3. The second kappa shape index (κ2) is 4.89. The van der Waals surface area contributed by atoms with E-state index in [0.717, 1.165) is 35.3 Å². The van der Waals surface area contributed by atoms with Gasteiger partial charge in [0, 0.05) is 17.8 Å². The van der Waals surface area contributed by atoms with E-state index in [9.17, 15) is 9.90 Å². The Labute approximate surface area is 132 Å². The SMILES string of the molecule is Cc1nc(N2CC(O)CC2C(N)=O)c2c3c(sc2n1)CCC3. The fourth-order valence-corrected chi connectivity index (χ4v) is 4.91. The Morgan fingerprint density at radius 1 is 1.41 bits per heavy atom. The number of thiophene rings is 1. The van der Waals surface area contributed by atoms with Crippen molar-refractivity contribution in [3.63, 3.8) is 0 Å². The third-order valence-corrected chi connectivity index (χ3v) is 5.72. The number of amides is 1. The van der Waals surface area contributed by atoms with Gasteiger partial charge in [-0.2, -0.15) is 0 Å². The van der Waals surface area contributed by atoms with Crippen LogP contribution in [0.4, 0.5) is 5.82 Å². The van der Waals surface area contributed by atoms with Gasteiger partial charge in [0.1, 0.15) is 22.5 Å². The summed E-state index contributed by atoms with van der Waals surface area (Å²) in [5.41, 5.74) is 6.84. The van der Waals surface area contributed by atoms with Crippen molar-refractivity contribution in [2.75, 3.05) is 11.4 Å². The number of hydrogen-bond donors (Lipinski definition) is 2.